The lowest BCUT2D eigenvalue weighted by Crippen LogP contribution is -2.36. The van der Waals surface area contributed by atoms with Gasteiger partial charge in [-0.15, -0.1) is 0 Å². The lowest BCUT2D eigenvalue weighted by atomic mass is 10.0. The molecule has 1 amide bonds. The van der Waals surface area contributed by atoms with Gasteiger partial charge < -0.3 is 14.5 Å². The van der Waals surface area contributed by atoms with Gasteiger partial charge in [0.05, 0.1) is 19.5 Å². The second-order valence-corrected chi connectivity index (χ2v) is 9.48. The molecule has 3 rings (SSSR count). The first-order valence-electron chi connectivity index (χ1n) is 9.43. The van der Waals surface area contributed by atoms with Gasteiger partial charge in [-0.05, 0) is 30.0 Å². The largest absolute Gasteiger partial charge is 0.378 e. The van der Waals surface area contributed by atoms with Crippen LogP contribution in [0.4, 0.5) is 5.69 Å². The highest BCUT2D eigenvalue weighted by Crippen LogP contribution is 2.23. The maximum Gasteiger partial charge on any atom is 0.222 e. The molecule has 0 aromatic heterocycles. The number of anilines is 1. The van der Waals surface area contributed by atoms with E-state index >= 15 is 0 Å². The van der Waals surface area contributed by atoms with Gasteiger partial charge in [-0.3, -0.25) is 4.79 Å². The summed E-state index contributed by atoms with van der Waals surface area (Å²) in [6, 6.07) is 8.32. The fourth-order valence-electron chi connectivity index (χ4n) is 3.66. The van der Waals surface area contributed by atoms with Crippen LogP contribution in [0.25, 0.3) is 0 Å². The summed E-state index contributed by atoms with van der Waals surface area (Å²) in [6.45, 7) is 4.86. The predicted molar refractivity (Wildman–Crippen MR) is 105 cm³/mol. The van der Waals surface area contributed by atoms with Crippen molar-refractivity contribution in [2.45, 2.75) is 19.4 Å². The van der Waals surface area contributed by atoms with E-state index in [1.54, 1.807) is 4.90 Å². The number of carbonyl (C=O) groups is 1. The number of hydrogen-bond donors (Lipinski definition) is 0. The van der Waals surface area contributed by atoms with Crippen LogP contribution in [-0.4, -0.2) is 76.2 Å². The second kappa shape index (κ2) is 8.58. The summed E-state index contributed by atoms with van der Waals surface area (Å²) < 4.78 is 30.1. The summed E-state index contributed by atoms with van der Waals surface area (Å²) in [5.74, 6) is 0.172. The molecule has 7 nitrogen and oxygen atoms in total. The Hall–Kier alpha value is -1.64. The van der Waals surface area contributed by atoms with Crippen molar-refractivity contribution in [1.82, 2.24) is 9.21 Å². The SMILES string of the molecule is CN(Cc1ccc(N2CCOCC2)cc1)C(=O)CC1CCN(S(C)(=O)=O)C1. The van der Waals surface area contributed by atoms with E-state index in [0.717, 1.165) is 38.3 Å². The van der Waals surface area contributed by atoms with Crippen LogP contribution in [0, 0.1) is 5.92 Å². The molecular formula is C19H29N3O4S. The molecule has 0 radical (unpaired) electrons. The van der Waals surface area contributed by atoms with E-state index in [2.05, 4.69) is 29.2 Å². The molecule has 1 aromatic carbocycles. The summed E-state index contributed by atoms with van der Waals surface area (Å²) in [7, 11) is -1.35. The first kappa shape index (κ1) is 20.1. The molecule has 150 valence electrons. The molecule has 0 spiro atoms. The minimum atomic E-state index is -3.16. The standard InChI is InChI=1S/C19H29N3O4S/c1-20(19(23)13-17-7-8-22(15-17)27(2,24)25)14-16-3-5-18(6-4-16)21-9-11-26-12-10-21/h3-6,17H,7-15H2,1-2H3. The second-order valence-electron chi connectivity index (χ2n) is 7.50. The number of nitrogens with zero attached hydrogens (tertiary/aromatic N) is 3. The van der Waals surface area contributed by atoms with E-state index in [1.807, 2.05) is 7.05 Å². The number of carbonyl (C=O) groups excluding carboxylic acids is 1. The summed E-state index contributed by atoms with van der Waals surface area (Å²) in [4.78, 5) is 16.5. The Morgan fingerprint density at radius 2 is 1.85 bits per heavy atom. The van der Waals surface area contributed by atoms with Gasteiger partial charge in [0, 0.05) is 51.9 Å². The molecular weight excluding hydrogens is 366 g/mol. The summed E-state index contributed by atoms with van der Waals surface area (Å²) in [6.07, 6.45) is 2.37. The number of hydrogen-bond acceptors (Lipinski definition) is 5. The lowest BCUT2D eigenvalue weighted by molar-refractivity contribution is -0.131. The van der Waals surface area contributed by atoms with Crippen molar-refractivity contribution in [1.29, 1.82) is 0 Å². The number of morpholine rings is 1. The maximum atomic E-state index is 12.5. The molecule has 27 heavy (non-hydrogen) atoms. The quantitative estimate of drug-likeness (QED) is 0.723. The molecule has 0 saturated carbocycles. The summed E-state index contributed by atoms with van der Waals surface area (Å²) >= 11 is 0. The van der Waals surface area contributed by atoms with Crippen molar-refractivity contribution in [3.8, 4) is 0 Å². The molecule has 2 heterocycles. The van der Waals surface area contributed by atoms with Crippen molar-refractivity contribution in [3.05, 3.63) is 29.8 Å². The fourth-order valence-corrected chi connectivity index (χ4v) is 4.58. The zero-order valence-electron chi connectivity index (χ0n) is 16.1. The molecule has 1 unspecified atom stereocenters. The van der Waals surface area contributed by atoms with Crippen LogP contribution in [0.3, 0.4) is 0 Å². The highest BCUT2D eigenvalue weighted by Gasteiger charge is 2.30. The van der Waals surface area contributed by atoms with Gasteiger partial charge in [0.1, 0.15) is 0 Å². The molecule has 0 bridgehead atoms. The van der Waals surface area contributed by atoms with E-state index < -0.39 is 10.0 Å². The fraction of sp³-hybridized carbons (Fsp3) is 0.632. The van der Waals surface area contributed by atoms with Crippen molar-refractivity contribution < 1.29 is 17.9 Å². The number of ether oxygens (including phenoxy) is 1. The van der Waals surface area contributed by atoms with Gasteiger partial charge in [0.2, 0.25) is 15.9 Å². The zero-order chi connectivity index (χ0) is 19.4. The lowest BCUT2D eigenvalue weighted by Gasteiger charge is -2.29. The van der Waals surface area contributed by atoms with Gasteiger partial charge >= 0.3 is 0 Å². The van der Waals surface area contributed by atoms with Crippen LogP contribution >= 0.6 is 0 Å². The average Bonchev–Trinajstić information content (AvgIpc) is 3.12. The monoisotopic (exact) mass is 395 g/mol. The van der Waals surface area contributed by atoms with Crippen LogP contribution in [0.1, 0.15) is 18.4 Å². The molecule has 0 aliphatic carbocycles. The Kier molecular flexibility index (Phi) is 6.39. The predicted octanol–water partition coefficient (Wildman–Crippen LogP) is 1.15. The third-order valence-corrected chi connectivity index (χ3v) is 6.61. The van der Waals surface area contributed by atoms with Crippen LogP contribution in [-0.2, 0) is 26.1 Å². The molecule has 0 N–H and O–H groups in total. The average molecular weight is 396 g/mol. The van der Waals surface area contributed by atoms with E-state index in [9.17, 15) is 13.2 Å². The van der Waals surface area contributed by atoms with Crippen molar-refractivity contribution in [2.24, 2.45) is 5.92 Å². The molecule has 1 aromatic rings. The van der Waals surface area contributed by atoms with E-state index in [1.165, 1.54) is 16.2 Å². The van der Waals surface area contributed by atoms with Crippen LogP contribution in [0.15, 0.2) is 24.3 Å². The third kappa shape index (κ3) is 5.43. The zero-order valence-corrected chi connectivity index (χ0v) is 17.0. The van der Waals surface area contributed by atoms with Crippen molar-refractivity contribution in [2.75, 3.05) is 57.6 Å². The first-order valence-corrected chi connectivity index (χ1v) is 11.3. The molecule has 2 aliphatic heterocycles. The Morgan fingerprint density at radius 3 is 2.44 bits per heavy atom. The molecule has 8 heteroatoms. The Labute approximate surface area is 161 Å². The molecule has 2 aliphatic rings. The van der Waals surface area contributed by atoms with Gasteiger partial charge in [0.15, 0.2) is 0 Å². The van der Waals surface area contributed by atoms with E-state index in [4.69, 9.17) is 4.74 Å². The Morgan fingerprint density at radius 1 is 1.19 bits per heavy atom. The number of sulfonamides is 1. The Bertz CT molecular complexity index is 745. The van der Waals surface area contributed by atoms with Crippen LogP contribution in [0.5, 0.6) is 0 Å². The molecule has 1 atom stereocenters. The van der Waals surface area contributed by atoms with Gasteiger partial charge in [-0.2, -0.15) is 0 Å². The Balaban J connectivity index is 1.49. The van der Waals surface area contributed by atoms with E-state index in [-0.39, 0.29) is 11.8 Å². The normalized spacial score (nSPS) is 21.4. The van der Waals surface area contributed by atoms with Gasteiger partial charge in [0.25, 0.3) is 0 Å². The minimum absolute atomic E-state index is 0.0626. The summed E-state index contributed by atoms with van der Waals surface area (Å²) in [5.41, 5.74) is 2.27. The number of rotatable bonds is 6. The minimum Gasteiger partial charge on any atom is -0.378 e. The maximum absolute atomic E-state index is 12.5. The highest BCUT2D eigenvalue weighted by molar-refractivity contribution is 7.88. The number of benzene rings is 1. The van der Waals surface area contributed by atoms with Crippen LogP contribution in [0.2, 0.25) is 0 Å². The smallest absolute Gasteiger partial charge is 0.222 e. The van der Waals surface area contributed by atoms with Gasteiger partial charge in [-0.25, -0.2) is 12.7 Å². The van der Waals surface area contributed by atoms with Crippen molar-refractivity contribution >= 4 is 21.6 Å². The summed E-state index contributed by atoms with van der Waals surface area (Å²) in [5, 5.41) is 0. The molecule has 2 fully saturated rings. The first-order chi connectivity index (χ1) is 12.8. The highest BCUT2D eigenvalue weighted by atomic mass is 32.2. The van der Waals surface area contributed by atoms with E-state index in [0.29, 0.717) is 26.1 Å². The van der Waals surface area contributed by atoms with Gasteiger partial charge in [-0.1, -0.05) is 12.1 Å². The number of amides is 1. The third-order valence-electron chi connectivity index (χ3n) is 5.34. The molecule has 2 saturated heterocycles. The topological polar surface area (TPSA) is 70.2 Å². The van der Waals surface area contributed by atoms with Crippen LogP contribution < -0.4 is 4.90 Å². The van der Waals surface area contributed by atoms with Crippen molar-refractivity contribution in [3.63, 3.8) is 0 Å².